The Bertz CT molecular complexity index is 652. The van der Waals surface area contributed by atoms with Crippen LogP contribution in [-0.2, 0) is 14.4 Å². The first kappa shape index (κ1) is 22.5. The number of benzene rings is 1. The minimum atomic E-state index is -1.82. The molecule has 1 aliphatic rings. The number of likely N-dealkylation sites (N-methyl/N-ethyl adjacent to an activating group) is 1. The Labute approximate surface area is 155 Å². The molecule has 1 aromatic rings. The summed E-state index contributed by atoms with van der Waals surface area (Å²) >= 11 is 0. The minimum absolute atomic E-state index is 0.182. The van der Waals surface area contributed by atoms with Gasteiger partial charge < -0.3 is 25.3 Å². The second-order valence-electron chi connectivity index (χ2n) is 5.81. The Balaban J connectivity index is 0.000000527. The van der Waals surface area contributed by atoms with Crippen LogP contribution in [0.3, 0.4) is 0 Å². The topological polar surface area (TPSA) is 110 Å². The van der Waals surface area contributed by atoms with E-state index in [1.165, 1.54) is 6.07 Å². The first-order chi connectivity index (χ1) is 12.7. The van der Waals surface area contributed by atoms with Gasteiger partial charge in [0.05, 0.1) is 0 Å². The lowest BCUT2D eigenvalue weighted by Gasteiger charge is -2.33. The van der Waals surface area contributed by atoms with Gasteiger partial charge in [0.2, 0.25) is 5.91 Å². The van der Waals surface area contributed by atoms with Gasteiger partial charge in [0.15, 0.2) is 11.6 Å². The molecule has 3 N–H and O–H groups in total. The molecule has 0 atom stereocenters. The molecule has 10 heteroatoms. The summed E-state index contributed by atoms with van der Waals surface area (Å²) in [4.78, 5) is 34.6. The summed E-state index contributed by atoms with van der Waals surface area (Å²) in [5.74, 6) is -5.70. The van der Waals surface area contributed by atoms with Crippen LogP contribution in [0.1, 0.15) is 13.3 Å². The quantitative estimate of drug-likeness (QED) is 0.649. The molecule has 27 heavy (non-hydrogen) atoms. The zero-order valence-electron chi connectivity index (χ0n) is 15.0. The molecule has 1 aromatic carbocycles. The number of carboxylic acid groups (broad SMARTS) is 2. The van der Waals surface area contributed by atoms with Crippen LogP contribution in [0.25, 0.3) is 0 Å². The van der Waals surface area contributed by atoms with Gasteiger partial charge in [-0.05, 0) is 18.7 Å². The zero-order chi connectivity index (χ0) is 20.4. The molecule has 0 radical (unpaired) electrons. The SMILES string of the molecule is CCN1CCN(CCC(=O)Nc2ccc(F)c(F)c2)CC1.O=C(O)C(=O)O. The molecular formula is C17H23F2N3O5. The third-order valence-corrected chi connectivity index (χ3v) is 3.95. The molecule has 1 fully saturated rings. The summed E-state index contributed by atoms with van der Waals surface area (Å²) < 4.78 is 25.8. The number of amides is 1. The number of carbonyl (C=O) groups excluding carboxylic acids is 1. The van der Waals surface area contributed by atoms with Crippen LogP contribution in [0.5, 0.6) is 0 Å². The Morgan fingerprint density at radius 2 is 1.56 bits per heavy atom. The highest BCUT2D eigenvalue weighted by molar-refractivity contribution is 6.27. The second-order valence-corrected chi connectivity index (χ2v) is 5.81. The van der Waals surface area contributed by atoms with Crippen LogP contribution in [-0.4, -0.2) is 77.1 Å². The van der Waals surface area contributed by atoms with Crippen molar-refractivity contribution >= 4 is 23.5 Å². The summed E-state index contributed by atoms with van der Waals surface area (Å²) in [6.45, 7) is 7.88. The smallest absolute Gasteiger partial charge is 0.414 e. The van der Waals surface area contributed by atoms with Crippen molar-refractivity contribution in [2.45, 2.75) is 13.3 Å². The van der Waals surface area contributed by atoms with E-state index in [0.717, 1.165) is 44.9 Å². The van der Waals surface area contributed by atoms with Crippen molar-refractivity contribution in [1.82, 2.24) is 9.80 Å². The molecule has 1 heterocycles. The predicted molar refractivity (Wildman–Crippen MR) is 93.4 cm³/mol. The Hall–Kier alpha value is -2.59. The van der Waals surface area contributed by atoms with E-state index in [4.69, 9.17) is 19.8 Å². The highest BCUT2D eigenvalue weighted by Gasteiger charge is 2.16. The van der Waals surface area contributed by atoms with Gasteiger partial charge in [-0.1, -0.05) is 6.92 Å². The van der Waals surface area contributed by atoms with Gasteiger partial charge >= 0.3 is 11.9 Å². The summed E-state index contributed by atoms with van der Waals surface area (Å²) in [7, 11) is 0. The maximum absolute atomic E-state index is 13.0. The molecule has 1 saturated heterocycles. The number of nitrogens with one attached hydrogen (secondary N) is 1. The number of anilines is 1. The number of hydrogen-bond donors (Lipinski definition) is 3. The number of halogens is 2. The van der Waals surface area contributed by atoms with Gasteiger partial charge in [-0.25, -0.2) is 18.4 Å². The third kappa shape index (κ3) is 8.56. The Morgan fingerprint density at radius 3 is 2.04 bits per heavy atom. The number of nitrogens with zero attached hydrogens (tertiary/aromatic N) is 2. The van der Waals surface area contributed by atoms with Crippen LogP contribution in [0.15, 0.2) is 18.2 Å². The number of rotatable bonds is 5. The summed E-state index contributed by atoms with van der Waals surface area (Å²) in [5.41, 5.74) is 0.287. The normalized spacial score (nSPS) is 14.8. The largest absolute Gasteiger partial charge is 0.473 e. The first-order valence-electron chi connectivity index (χ1n) is 8.38. The van der Waals surface area contributed by atoms with Crippen molar-refractivity contribution < 1.29 is 33.4 Å². The van der Waals surface area contributed by atoms with Gasteiger partial charge in [0.25, 0.3) is 0 Å². The van der Waals surface area contributed by atoms with Gasteiger partial charge in [-0.3, -0.25) is 4.79 Å². The molecule has 0 bridgehead atoms. The standard InChI is InChI=1S/C15H21F2N3O.C2H2O4/c1-2-19-7-9-20(10-8-19)6-5-15(21)18-12-3-4-13(16)14(17)11-12;3-1(4)2(5)6/h3-4,11H,2,5-10H2,1H3,(H,18,21);(H,3,4)(H,5,6). The van der Waals surface area contributed by atoms with E-state index >= 15 is 0 Å². The second kappa shape index (κ2) is 11.2. The molecule has 2 rings (SSSR count). The predicted octanol–water partition coefficient (Wildman–Crippen LogP) is 1.09. The maximum Gasteiger partial charge on any atom is 0.414 e. The Morgan fingerprint density at radius 1 is 1.00 bits per heavy atom. The molecule has 8 nitrogen and oxygen atoms in total. The van der Waals surface area contributed by atoms with Gasteiger partial charge in [-0.2, -0.15) is 0 Å². The fourth-order valence-electron chi connectivity index (χ4n) is 2.39. The van der Waals surface area contributed by atoms with E-state index in [2.05, 4.69) is 22.0 Å². The monoisotopic (exact) mass is 387 g/mol. The summed E-state index contributed by atoms with van der Waals surface area (Å²) in [6, 6.07) is 3.36. The fraction of sp³-hybridized carbons (Fsp3) is 0.471. The molecule has 150 valence electrons. The van der Waals surface area contributed by atoms with Crippen LogP contribution in [0.4, 0.5) is 14.5 Å². The van der Waals surface area contributed by atoms with E-state index in [1.807, 2.05) is 0 Å². The summed E-state index contributed by atoms with van der Waals surface area (Å²) in [6.07, 6.45) is 0.352. The molecular weight excluding hydrogens is 364 g/mol. The average molecular weight is 387 g/mol. The van der Waals surface area contributed by atoms with Crippen LogP contribution in [0, 0.1) is 11.6 Å². The average Bonchev–Trinajstić information content (AvgIpc) is 2.64. The Kier molecular flexibility index (Phi) is 9.31. The minimum Gasteiger partial charge on any atom is -0.473 e. The lowest BCUT2D eigenvalue weighted by Crippen LogP contribution is -2.46. The number of carbonyl (C=O) groups is 3. The molecule has 1 amide bonds. The number of carboxylic acids is 2. The molecule has 0 unspecified atom stereocenters. The molecule has 0 saturated carbocycles. The van der Waals surface area contributed by atoms with E-state index in [0.29, 0.717) is 13.0 Å². The van der Waals surface area contributed by atoms with Gasteiger partial charge in [0, 0.05) is 50.9 Å². The lowest BCUT2D eigenvalue weighted by atomic mass is 10.2. The third-order valence-electron chi connectivity index (χ3n) is 3.95. The van der Waals surface area contributed by atoms with Crippen molar-refractivity contribution in [1.29, 1.82) is 0 Å². The molecule has 1 aliphatic heterocycles. The number of piperazine rings is 1. The molecule has 0 aromatic heterocycles. The van der Waals surface area contributed by atoms with Crippen molar-refractivity contribution in [3.05, 3.63) is 29.8 Å². The highest BCUT2D eigenvalue weighted by atomic mass is 19.2. The van der Waals surface area contributed by atoms with Gasteiger partial charge in [0.1, 0.15) is 0 Å². The molecule has 0 spiro atoms. The maximum atomic E-state index is 13.0. The molecule has 0 aliphatic carbocycles. The van der Waals surface area contributed by atoms with E-state index < -0.39 is 23.6 Å². The summed E-state index contributed by atoms with van der Waals surface area (Å²) in [5, 5.41) is 17.4. The van der Waals surface area contributed by atoms with Crippen molar-refractivity contribution in [3.8, 4) is 0 Å². The van der Waals surface area contributed by atoms with Gasteiger partial charge in [-0.15, -0.1) is 0 Å². The number of aliphatic carboxylic acids is 2. The van der Waals surface area contributed by atoms with Crippen molar-refractivity contribution in [3.63, 3.8) is 0 Å². The fourth-order valence-corrected chi connectivity index (χ4v) is 2.39. The van der Waals surface area contributed by atoms with Crippen molar-refractivity contribution in [2.75, 3.05) is 44.6 Å². The number of hydrogen-bond acceptors (Lipinski definition) is 5. The van der Waals surface area contributed by atoms with E-state index in [-0.39, 0.29) is 11.6 Å². The van der Waals surface area contributed by atoms with Crippen LogP contribution < -0.4 is 5.32 Å². The highest BCUT2D eigenvalue weighted by Crippen LogP contribution is 2.13. The van der Waals surface area contributed by atoms with Crippen LogP contribution in [0.2, 0.25) is 0 Å². The zero-order valence-corrected chi connectivity index (χ0v) is 15.0. The van der Waals surface area contributed by atoms with Crippen LogP contribution >= 0.6 is 0 Å². The lowest BCUT2D eigenvalue weighted by molar-refractivity contribution is -0.159. The van der Waals surface area contributed by atoms with E-state index in [1.54, 1.807) is 0 Å². The van der Waals surface area contributed by atoms with E-state index in [9.17, 15) is 13.6 Å². The van der Waals surface area contributed by atoms with Crippen molar-refractivity contribution in [2.24, 2.45) is 0 Å². The first-order valence-corrected chi connectivity index (χ1v) is 8.38.